The molecule has 0 fully saturated rings. The largest absolute Gasteiger partial charge is 0.491 e. The van der Waals surface area contributed by atoms with Gasteiger partial charge in [0.2, 0.25) is 0 Å². The number of anilines is 2. The minimum absolute atomic E-state index is 0.0592. The highest BCUT2D eigenvalue weighted by atomic mass is 32.1. The third kappa shape index (κ3) is 8.06. The summed E-state index contributed by atoms with van der Waals surface area (Å²) in [6.45, 7) is 3.35. The van der Waals surface area contributed by atoms with E-state index in [2.05, 4.69) is 25.3 Å². The van der Waals surface area contributed by atoms with E-state index in [0.717, 1.165) is 29.2 Å². The van der Waals surface area contributed by atoms with E-state index >= 15 is 0 Å². The summed E-state index contributed by atoms with van der Waals surface area (Å²) < 4.78 is 80.5. The van der Waals surface area contributed by atoms with Crippen LogP contribution < -0.4 is 10.6 Å². The molecule has 0 bridgehead atoms. The molecule has 0 spiro atoms. The summed E-state index contributed by atoms with van der Waals surface area (Å²) in [5.74, 6) is -5.14. The number of carbonyl (C=O) groups excluding carboxylic acids is 3. The van der Waals surface area contributed by atoms with Crippen molar-refractivity contribution in [2.45, 2.75) is 38.7 Å². The van der Waals surface area contributed by atoms with Gasteiger partial charge in [-0.3, -0.25) is 4.79 Å². The van der Waals surface area contributed by atoms with E-state index in [1.165, 1.54) is 12.1 Å². The normalized spacial score (nSPS) is 12.7. The van der Waals surface area contributed by atoms with Crippen molar-refractivity contribution in [3.8, 4) is 11.1 Å². The molecule has 2 heterocycles. The zero-order valence-electron chi connectivity index (χ0n) is 22.3. The van der Waals surface area contributed by atoms with Gasteiger partial charge in [0.1, 0.15) is 6.04 Å². The fraction of sp³-hybridized carbons (Fsp3) is 0.250. The van der Waals surface area contributed by atoms with Crippen LogP contribution >= 0.6 is 11.3 Å². The van der Waals surface area contributed by atoms with Crippen LogP contribution in [0.1, 0.15) is 36.2 Å². The molecule has 0 aliphatic rings. The average molecular weight is 625 g/mol. The summed E-state index contributed by atoms with van der Waals surface area (Å²) in [5.41, 5.74) is 1.51. The van der Waals surface area contributed by atoms with E-state index in [4.69, 9.17) is 0 Å². The highest BCUT2D eigenvalue weighted by Crippen LogP contribution is 2.34. The molecule has 1 atom stereocenters. The van der Waals surface area contributed by atoms with Crippen molar-refractivity contribution in [2.75, 3.05) is 5.32 Å². The number of halogens is 6. The number of hydrogen-bond acceptors (Lipinski definition) is 8. The van der Waals surface area contributed by atoms with Gasteiger partial charge in [0, 0.05) is 17.4 Å². The fourth-order valence-electron chi connectivity index (χ4n) is 3.86. The molecule has 2 aromatic carbocycles. The van der Waals surface area contributed by atoms with Gasteiger partial charge in [-0.05, 0) is 53.8 Å². The number of nitrogens with zero attached hydrogens (tertiary/aromatic N) is 2. The molecule has 2 aromatic heterocycles. The molecular formula is C28H22F6N4O4S. The molecule has 0 saturated heterocycles. The molecule has 0 aliphatic heterocycles. The van der Waals surface area contributed by atoms with E-state index in [0.29, 0.717) is 16.4 Å². The Morgan fingerprint density at radius 2 is 1.53 bits per heavy atom. The standard InChI is InChI=1S/C28H22F6N4O4S/c1-14(2)11-20(24(40)42-25(41)28(32,33)34)37-23(39)17-5-3-15(4-6-17)16-7-9-19(10-8-16)36-26-38-22-21(43-26)12-18(13-35-22)27(29,30)31/h3-10,12-14,20H,11H2,1-2H3,(H,37,39)(H,35,36,38)/t20-/m0/s1. The lowest BCUT2D eigenvalue weighted by molar-refractivity contribution is -0.202. The maximum absolute atomic E-state index is 12.9. The van der Waals surface area contributed by atoms with Gasteiger partial charge in [-0.1, -0.05) is 49.4 Å². The van der Waals surface area contributed by atoms with E-state index in [1.807, 2.05) is 0 Å². The SMILES string of the molecule is CC(C)C[C@H](NC(=O)c1ccc(-c2ccc(Nc3nc4ncc(C(F)(F)F)cc4s3)cc2)cc1)C(=O)OC(=O)C(F)(F)F. The molecule has 4 rings (SSSR count). The van der Waals surface area contributed by atoms with Crippen LogP contribution in [0.2, 0.25) is 0 Å². The minimum Gasteiger partial charge on any atom is -0.385 e. The number of pyridine rings is 1. The van der Waals surface area contributed by atoms with E-state index in [9.17, 15) is 40.7 Å². The minimum atomic E-state index is -5.36. The van der Waals surface area contributed by atoms with Gasteiger partial charge in [-0.2, -0.15) is 31.3 Å². The van der Waals surface area contributed by atoms with Crippen molar-refractivity contribution < 1.29 is 45.5 Å². The zero-order valence-corrected chi connectivity index (χ0v) is 23.2. The van der Waals surface area contributed by atoms with Crippen LogP contribution in [-0.4, -0.2) is 40.0 Å². The van der Waals surface area contributed by atoms with Crippen LogP contribution in [0.25, 0.3) is 21.5 Å². The smallest absolute Gasteiger partial charge is 0.385 e. The summed E-state index contributed by atoms with van der Waals surface area (Å²) in [7, 11) is 0. The van der Waals surface area contributed by atoms with Crippen molar-refractivity contribution in [3.63, 3.8) is 0 Å². The quantitative estimate of drug-likeness (QED) is 0.125. The third-order valence-corrected chi connectivity index (χ3v) is 6.82. The van der Waals surface area contributed by atoms with Gasteiger partial charge in [-0.25, -0.2) is 14.6 Å². The van der Waals surface area contributed by atoms with Crippen molar-refractivity contribution in [1.29, 1.82) is 0 Å². The lowest BCUT2D eigenvalue weighted by Crippen LogP contribution is -2.44. The van der Waals surface area contributed by atoms with Crippen molar-refractivity contribution in [3.05, 3.63) is 71.9 Å². The second kappa shape index (κ2) is 12.4. The molecule has 43 heavy (non-hydrogen) atoms. The summed E-state index contributed by atoms with van der Waals surface area (Å²) in [4.78, 5) is 43.9. The summed E-state index contributed by atoms with van der Waals surface area (Å²) >= 11 is 1.02. The Hall–Kier alpha value is -4.53. The Morgan fingerprint density at radius 3 is 2.09 bits per heavy atom. The molecular weight excluding hydrogens is 602 g/mol. The summed E-state index contributed by atoms with van der Waals surface area (Å²) in [6.07, 6.45) is -9.20. The molecule has 0 radical (unpaired) electrons. The molecule has 0 unspecified atom stereocenters. The molecule has 8 nitrogen and oxygen atoms in total. The Balaban J connectivity index is 1.41. The van der Waals surface area contributed by atoms with E-state index in [1.54, 1.807) is 50.2 Å². The lowest BCUT2D eigenvalue weighted by Gasteiger charge is -2.19. The number of esters is 2. The van der Waals surface area contributed by atoms with Crippen LogP contribution in [0.15, 0.2) is 60.8 Å². The maximum Gasteiger partial charge on any atom is 0.491 e. The number of alkyl halides is 6. The van der Waals surface area contributed by atoms with Crippen LogP contribution in [0, 0.1) is 5.92 Å². The number of thiazole rings is 1. The van der Waals surface area contributed by atoms with E-state index < -0.39 is 41.8 Å². The second-order valence-electron chi connectivity index (χ2n) is 9.70. The predicted molar refractivity (Wildman–Crippen MR) is 145 cm³/mol. The molecule has 0 saturated carbocycles. The van der Waals surface area contributed by atoms with Gasteiger partial charge in [-0.15, -0.1) is 0 Å². The monoisotopic (exact) mass is 624 g/mol. The Kier molecular flexibility index (Phi) is 9.04. The Bertz CT molecular complexity index is 1630. The van der Waals surface area contributed by atoms with Gasteiger partial charge in [0.25, 0.3) is 5.91 Å². The zero-order chi connectivity index (χ0) is 31.5. The van der Waals surface area contributed by atoms with Crippen LogP contribution in [0.5, 0.6) is 0 Å². The summed E-state index contributed by atoms with van der Waals surface area (Å²) in [5, 5.41) is 5.71. The van der Waals surface area contributed by atoms with Crippen molar-refractivity contribution in [2.24, 2.45) is 5.92 Å². The molecule has 226 valence electrons. The van der Waals surface area contributed by atoms with Crippen molar-refractivity contribution >= 4 is 50.3 Å². The van der Waals surface area contributed by atoms with Crippen LogP contribution in [0.3, 0.4) is 0 Å². The number of ether oxygens (including phenoxy) is 1. The second-order valence-corrected chi connectivity index (χ2v) is 10.7. The van der Waals surface area contributed by atoms with Gasteiger partial charge in [0.15, 0.2) is 10.8 Å². The number of fused-ring (bicyclic) bond motifs is 1. The molecule has 1 amide bonds. The Labute approximate surface area is 244 Å². The van der Waals surface area contributed by atoms with Gasteiger partial charge in [0.05, 0.1) is 10.3 Å². The summed E-state index contributed by atoms with van der Waals surface area (Å²) in [6, 6.07) is 12.6. The molecule has 15 heteroatoms. The van der Waals surface area contributed by atoms with Crippen molar-refractivity contribution in [1.82, 2.24) is 15.3 Å². The number of hydrogen-bond donors (Lipinski definition) is 2. The highest BCUT2D eigenvalue weighted by molar-refractivity contribution is 7.22. The molecule has 2 N–H and O–H groups in total. The first-order chi connectivity index (χ1) is 20.1. The van der Waals surface area contributed by atoms with E-state index in [-0.39, 0.29) is 28.2 Å². The number of nitrogens with one attached hydrogen (secondary N) is 2. The number of aromatic nitrogens is 2. The number of rotatable bonds is 8. The lowest BCUT2D eigenvalue weighted by atomic mass is 10.0. The van der Waals surface area contributed by atoms with Crippen LogP contribution in [-0.2, 0) is 20.5 Å². The fourth-order valence-corrected chi connectivity index (χ4v) is 4.74. The maximum atomic E-state index is 12.9. The number of benzene rings is 2. The third-order valence-electron chi connectivity index (χ3n) is 5.91. The molecule has 4 aromatic rings. The first kappa shape index (κ1) is 31.4. The Morgan fingerprint density at radius 1 is 0.930 bits per heavy atom. The number of carbonyl (C=O) groups is 3. The first-order valence-corrected chi connectivity index (χ1v) is 13.4. The average Bonchev–Trinajstić information content (AvgIpc) is 3.33. The van der Waals surface area contributed by atoms with Crippen LogP contribution in [0.4, 0.5) is 37.2 Å². The highest BCUT2D eigenvalue weighted by Gasteiger charge is 2.43. The first-order valence-electron chi connectivity index (χ1n) is 12.5. The predicted octanol–water partition coefficient (Wildman–Crippen LogP) is 6.90. The number of amides is 1. The topological polar surface area (TPSA) is 110 Å². The van der Waals surface area contributed by atoms with Gasteiger partial charge < -0.3 is 15.4 Å². The molecule has 0 aliphatic carbocycles. The van der Waals surface area contributed by atoms with Gasteiger partial charge >= 0.3 is 24.3 Å².